The van der Waals surface area contributed by atoms with Crippen LogP contribution in [0.5, 0.6) is 0 Å². The smallest absolute Gasteiger partial charge is 0.440 e. The van der Waals surface area contributed by atoms with Gasteiger partial charge >= 0.3 is 24.0 Å². The van der Waals surface area contributed by atoms with E-state index in [4.69, 9.17) is 0 Å². The van der Waals surface area contributed by atoms with Crippen LogP contribution in [0.3, 0.4) is 0 Å². The van der Waals surface area contributed by atoms with Crippen LogP contribution in [0.15, 0.2) is 4.99 Å². The third-order valence-electron chi connectivity index (χ3n) is 1.31. The Hall–Kier alpha value is -1.93. The van der Waals surface area contributed by atoms with Crippen molar-refractivity contribution in [2.24, 2.45) is 4.99 Å². The Morgan fingerprint density at radius 2 is 1.71 bits per heavy atom. The maximum absolute atomic E-state index is 12.2. The van der Waals surface area contributed by atoms with E-state index in [1.165, 1.54) is 6.92 Å². The topological polar surface area (TPSA) is 82.0 Å². The first-order valence-corrected chi connectivity index (χ1v) is 4.19. The fourth-order valence-electron chi connectivity index (χ4n) is 0.661. The van der Waals surface area contributed by atoms with Crippen molar-refractivity contribution in [2.75, 3.05) is 13.7 Å². The fourth-order valence-corrected chi connectivity index (χ4v) is 0.661. The van der Waals surface area contributed by atoms with Gasteiger partial charge in [0.2, 0.25) is 5.71 Å². The fraction of sp³-hybridized carbons (Fsp3) is 0.500. The van der Waals surface area contributed by atoms with Gasteiger partial charge in [-0.1, -0.05) is 0 Å². The molecule has 0 rings (SSSR count). The molecule has 6 nitrogen and oxygen atoms in total. The minimum atomic E-state index is -5.20. The zero-order valence-electron chi connectivity index (χ0n) is 8.83. The monoisotopic (exact) mass is 255 g/mol. The van der Waals surface area contributed by atoms with E-state index in [2.05, 4.69) is 14.5 Å². The molecule has 0 aromatic carbocycles. The Kier molecular flexibility index (Phi) is 5.29. The molecular formula is C8H8F3NO5. The highest BCUT2D eigenvalue weighted by molar-refractivity contribution is 6.44. The summed E-state index contributed by atoms with van der Waals surface area (Å²) in [5, 5.41) is 0. The highest BCUT2D eigenvalue weighted by Crippen LogP contribution is 2.18. The van der Waals surface area contributed by atoms with Crippen LogP contribution in [0, 0.1) is 0 Å². The van der Waals surface area contributed by atoms with Crippen LogP contribution in [-0.4, -0.2) is 43.5 Å². The lowest BCUT2D eigenvalue weighted by molar-refractivity contribution is -0.153. The third kappa shape index (κ3) is 4.62. The molecule has 0 fully saturated rings. The predicted molar refractivity (Wildman–Crippen MR) is 47.1 cm³/mol. The molecule has 0 bridgehead atoms. The first kappa shape index (κ1) is 15.1. The molecule has 0 aliphatic carbocycles. The summed E-state index contributed by atoms with van der Waals surface area (Å²) in [5.74, 6) is -5.28. The van der Waals surface area contributed by atoms with Gasteiger partial charge in [-0.15, -0.1) is 0 Å². The second kappa shape index (κ2) is 5.97. The van der Waals surface area contributed by atoms with Crippen molar-refractivity contribution >= 4 is 23.6 Å². The van der Waals surface area contributed by atoms with E-state index in [9.17, 15) is 27.6 Å². The number of hydrogen-bond donors (Lipinski definition) is 0. The normalized spacial score (nSPS) is 11.9. The Labute approximate surface area is 93.4 Å². The van der Waals surface area contributed by atoms with Crippen molar-refractivity contribution in [3.63, 3.8) is 0 Å². The van der Waals surface area contributed by atoms with Gasteiger partial charge in [-0.05, 0) is 6.92 Å². The number of methoxy groups -OCH3 is 1. The van der Waals surface area contributed by atoms with Gasteiger partial charge in [-0.2, -0.15) is 18.2 Å². The number of hydrogen-bond acceptors (Lipinski definition) is 5. The number of amides is 1. The molecule has 96 valence electrons. The first-order valence-electron chi connectivity index (χ1n) is 4.19. The zero-order chi connectivity index (χ0) is 13.6. The zero-order valence-corrected chi connectivity index (χ0v) is 8.83. The van der Waals surface area contributed by atoms with Crippen molar-refractivity contribution in [1.82, 2.24) is 0 Å². The molecule has 0 saturated carbocycles. The summed E-state index contributed by atoms with van der Waals surface area (Å²) < 4.78 is 44.6. The van der Waals surface area contributed by atoms with Crippen LogP contribution in [0.1, 0.15) is 6.92 Å². The molecule has 0 spiro atoms. The number of nitrogens with zero attached hydrogens (tertiary/aromatic N) is 1. The second-order valence-corrected chi connectivity index (χ2v) is 2.48. The van der Waals surface area contributed by atoms with E-state index < -0.39 is 29.7 Å². The molecule has 0 aliphatic rings. The number of aliphatic imine (C=N–C) groups is 1. The highest BCUT2D eigenvalue weighted by Gasteiger charge is 2.43. The lowest BCUT2D eigenvalue weighted by Crippen LogP contribution is -2.34. The summed E-state index contributed by atoms with van der Waals surface area (Å²) in [6.07, 6.45) is -5.20. The molecular weight excluding hydrogens is 247 g/mol. The quantitative estimate of drug-likeness (QED) is 0.401. The summed E-state index contributed by atoms with van der Waals surface area (Å²) in [6.45, 7) is 1.14. The van der Waals surface area contributed by atoms with E-state index in [1.807, 2.05) is 0 Å². The van der Waals surface area contributed by atoms with Gasteiger partial charge in [-0.3, -0.25) is 4.79 Å². The number of carbonyl (C=O) groups is 3. The molecule has 0 saturated heterocycles. The van der Waals surface area contributed by atoms with E-state index in [0.29, 0.717) is 7.11 Å². The number of alkyl halides is 3. The van der Waals surface area contributed by atoms with E-state index in [-0.39, 0.29) is 6.61 Å². The second-order valence-electron chi connectivity index (χ2n) is 2.48. The van der Waals surface area contributed by atoms with Crippen LogP contribution in [-0.2, 0) is 23.9 Å². The minimum absolute atomic E-state index is 0.209. The lowest BCUT2D eigenvalue weighted by Gasteiger charge is -2.07. The number of halogens is 3. The predicted octanol–water partition coefficient (Wildman–Crippen LogP) is 0.252. The third-order valence-corrected chi connectivity index (χ3v) is 1.31. The average molecular weight is 255 g/mol. The Bertz CT molecular complexity index is 361. The van der Waals surface area contributed by atoms with Crippen molar-refractivity contribution < 1.29 is 37.0 Å². The van der Waals surface area contributed by atoms with Gasteiger partial charge < -0.3 is 9.47 Å². The molecule has 0 atom stereocenters. The molecule has 0 aromatic heterocycles. The maximum atomic E-state index is 12.2. The molecule has 0 aliphatic heterocycles. The van der Waals surface area contributed by atoms with Gasteiger partial charge in [0.15, 0.2) is 0 Å². The van der Waals surface area contributed by atoms with Crippen LogP contribution < -0.4 is 0 Å². The Balaban J connectivity index is 5.13. The standard InChI is InChI=1S/C8H8F3NO5/c1-3-17-7(15)5(13)12-4(6(14)16-2)8(9,10)11/h3H2,1-2H3. The van der Waals surface area contributed by atoms with Crippen molar-refractivity contribution in [1.29, 1.82) is 0 Å². The number of rotatable bonds is 2. The van der Waals surface area contributed by atoms with E-state index >= 15 is 0 Å². The van der Waals surface area contributed by atoms with Gasteiger partial charge in [0, 0.05) is 0 Å². The summed E-state index contributed by atoms with van der Waals surface area (Å²) in [6, 6.07) is 0. The SMILES string of the molecule is CCOC(=O)C(=O)N=C(C(=O)OC)C(F)(F)F. The first-order chi connectivity index (χ1) is 7.73. The molecule has 0 radical (unpaired) electrons. The van der Waals surface area contributed by atoms with Gasteiger partial charge in [0.05, 0.1) is 13.7 Å². The van der Waals surface area contributed by atoms with Gasteiger partial charge in [0.1, 0.15) is 0 Å². The molecule has 0 aromatic rings. The Morgan fingerprint density at radius 1 is 1.18 bits per heavy atom. The Morgan fingerprint density at radius 3 is 2.06 bits per heavy atom. The van der Waals surface area contributed by atoms with Crippen LogP contribution in [0.4, 0.5) is 13.2 Å². The average Bonchev–Trinajstić information content (AvgIpc) is 2.23. The summed E-state index contributed by atoms with van der Waals surface area (Å²) >= 11 is 0. The number of esters is 2. The number of carbonyl (C=O) groups excluding carboxylic acids is 3. The highest BCUT2D eigenvalue weighted by atomic mass is 19.4. The summed E-state index contributed by atoms with van der Waals surface area (Å²) in [7, 11) is 0.679. The number of ether oxygens (including phenoxy) is 2. The largest absolute Gasteiger partial charge is 0.464 e. The summed E-state index contributed by atoms with van der Waals surface area (Å²) in [5.41, 5.74) is -2.11. The van der Waals surface area contributed by atoms with E-state index in [1.54, 1.807) is 0 Å². The molecule has 1 amide bonds. The van der Waals surface area contributed by atoms with Crippen molar-refractivity contribution in [2.45, 2.75) is 13.1 Å². The molecule has 0 N–H and O–H groups in total. The van der Waals surface area contributed by atoms with Crippen LogP contribution in [0.2, 0.25) is 0 Å². The molecule has 0 heterocycles. The van der Waals surface area contributed by atoms with Crippen molar-refractivity contribution in [3.05, 3.63) is 0 Å². The van der Waals surface area contributed by atoms with Gasteiger partial charge in [-0.25, -0.2) is 9.59 Å². The van der Waals surface area contributed by atoms with Gasteiger partial charge in [0.25, 0.3) is 0 Å². The molecule has 9 heteroatoms. The van der Waals surface area contributed by atoms with Crippen LogP contribution >= 0.6 is 0 Å². The molecule has 17 heavy (non-hydrogen) atoms. The maximum Gasteiger partial charge on any atom is 0.440 e. The van der Waals surface area contributed by atoms with E-state index in [0.717, 1.165) is 0 Å². The molecule has 0 unspecified atom stereocenters. The van der Waals surface area contributed by atoms with Crippen LogP contribution in [0.25, 0.3) is 0 Å². The minimum Gasteiger partial charge on any atom is -0.464 e. The van der Waals surface area contributed by atoms with Crippen molar-refractivity contribution in [3.8, 4) is 0 Å². The lowest BCUT2D eigenvalue weighted by atomic mass is 10.3. The summed E-state index contributed by atoms with van der Waals surface area (Å²) in [4.78, 5) is 34.6.